The summed E-state index contributed by atoms with van der Waals surface area (Å²) >= 11 is 0. The third-order valence-corrected chi connectivity index (χ3v) is 4.75. The maximum atomic E-state index is 11.7. The van der Waals surface area contributed by atoms with Gasteiger partial charge in [0.05, 0.1) is 25.2 Å². The van der Waals surface area contributed by atoms with Crippen molar-refractivity contribution in [3.8, 4) is 22.9 Å². The molecule has 0 heterocycles. The number of methoxy groups -OCH3 is 1. The van der Waals surface area contributed by atoms with Crippen LogP contribution in [0.25, 0.3) is 11.1 Å². The SMILES string of the molecule is CCc1cccc(-c2cccc(COc3cc(C#N)ccc3CC(=O)OC)c2)c1. The highest BCUT2D eigenvalue weighted by molar-refractivity contribution is 5.73. The first-order valence-corrected chi connectivity index (χ1v) is 9.53. The van der Waals surface area contributed by atoms with E-state index in [2.05, 4.69) is 49.4 Å². The van der Waals surface area contributed by atoms with Crippen LogP contribution in [0.4, 0.5) is 0 Å². The van der Waals surface area contributed by atoms with Gasteiger partial charge < -0.3 is 9.47 Å². The summed E-state index contributed by atoms with van der Waals surface area (Å²) in [6.45, 7) is 2.48. The second-order valence-corrected chi connectivity index (χ2v) is 6.73. The summed E-state index contributed by atoms with van der Waals surface area (Å²) in [4.78, 5) is 11.7. The van der Waals surface area contributed by atoms with Gasteiger partial charge in [0.1, 0.15) is 12.4 Å². The molecule has 0 aliphatic carbocycles. The van der Waals surface area contributed by atoms with E-state index in [1.54, 1.807) is 18.2 Å². The minimum Gasteiger partial charge on any atom is -0.489 e. The van der Waals surface area contributed by atoms with Crippen LogP contribution in [0.2, 0.25) is 0 Å². The number of hydrogen-bond acceptors (Lipinski definition) is 4. The predicted octanol–water partition coefficient (Wildman–Crippen LogP) is 5.08. The third kappa shape index (κ3) is 5.24. The lowest BCUT2D eigenvalue weighted by Crippen LogP contribution is -2.07. The summed E-state index contributed by atoms with van der Waals surface area (Å²) in [7, 11) is 1.35. The predicted molar refractivity (Wildman–Crippen MR) is 112 cm³/mol. The second kappa shape index (κ2) is 9.57. The smallest absolute Gasteiger partial charge is 0.310 e. The number of benzene rings is 3. The van der Waals surface area contributed by atoms with Gasteiger partial charge in [-0.25, -0.2) is 0 Å². The minimum atomic E-state index is -0.350. The first-order valence-electron chi connectivity index (χ1n) is 9.53. The largest absolute Gasteiger partial charge is 0.489 e. The number of aryl methyl sites for hydroxylation is 1. The van der Waals surface area contributed by atoms with Crippen LogP contribution in [0.5, 0.6) is 5.75 Å². The third-order valence-electron chi connectivity index (χ3n) is 4.75. The van der Waals surface area contributed by atoms with Crippen LogP contribution in [0, 0.1) is 11.3 Å². The molecule has 146 valence electrons. The first kappa shape index (κ1) is 20.2. The highest BCUT2D eigenvalue weighted by Gasteiger charge is 2.11. The van der Waals surface area contributed by atoms with E-state index in [1.165, 1.54) is 18.2 Å². The van der Waals surface area contributed by atoms with Crippen LogP contribution in [-0.2, 0) is 29.0 Å². The molecular formula is C25H23NO3. The molecule has 0 radical (unpaired) electrons. The lowest BCUT2D eigenvalue weighted by molar-refractivity contribution is -0.139. The molecule has 0 aliphatic heterocycles. The average Bonchev–Trinajstić information content (AvgIpc) is 2.78. The molecule has 4 nitrogen and oxygen atoms in total. The Hall–Kier alpha value is -3.58. The molecule has 0 saturated heterocycles. The van der Waals surface area contributed by atoms with Gasteiger partial charge >= 0.3 is 5.97 Å². The molecule has 4 heteroatoms. The fourth-order valence-electron chi connectivity index (χ4n) is 3.10. The van der Waals surface area contributed by atoms with Gasteiger partial charge in [0, 0.05) is 5.56 Å². The van der Waals surface area contributed by atoms with Crippen molar-refractivity contribution in [2.45, 2.75) is 26.4 Å². The zero-order valence-electron chi connectivity index (χ0n) is 16.6. The zero-order valence-corrected chi connectivity index (χ0v) is 16.6. The number of carbonyl (C=O) groups excluding carboxylic acids is 1. The number of nitriles is 1. The van der Waals surface area contributed by atoms with Gasteiger partial charge in [-0.05, 0) is 46.9 Å². The maximum Gasteiger partial charge on any atom is 0.310 e. The number of carbonyl (C=O) groups is 1. The van der Waals surface area contributed by atoms with Crippen molar-refractivity contribution in [3.63, 3.8) is 0 Å². The number of hydrogen-bond donors (Lipinski definition) is 0. The van der Waals surface area contributed by atoms with Gasteiger partial charge in [0.15, 0.2) is 0 Å². The quantitative estimate of drug-likeness (QED) is 0.532. The summed E-state index contributed by atoms with van der Waals surface area (Å²) in [5.74, 6) is 0.171. The fourth-order valence-corrected chi connectivity index (χ4v) is 3.10. The maximum absolute atomic E-state index is 11.7. The number of nitrogens with zero attached hydrogens (tertiary/aromatic N) is 1. The Labute approximate surface area is 171 Å². The van der Waals surface area contributed by atoms with Gasteiger partial charge in [0.2, 0.25) is 0 Å². The molecule has 0 fully saturated rings. The molecule has 0 bridgehead atoms. The zero-order chi connectivity index (χ0) is 20.6. The van der Waals surface area contributed by atoms with Crippen molar-refractivity contribution < 1.29 is 14.3 Å². The summed E-state index contributed by atoms with van der Waals surface area (Å²) in [5, 5.41) is 9.17. The van der Waals surface area contributed by atoms with Crippen LogP contribution in [0.3, 0.4) is 0 Å². The minimum absolute atomic E-state index is 0.0986. The van der Waals surface area contributed by atoms with Crippen LogP contribution in [0.1, 0.15) is 29.2 Å². The van der Waals surface area contributed by atoms with E-state index in [-0.39, 0.29) is 12.4 Å². The van der Waals surface area contributed by atoms with Gasteiger partial charge in [0.25, 0.3) is 0 Å². The van der Waals surface area contributed by atoms with Crippen LogP contribution >= 0.6 is 0 Å². The van der Waals surface area contributed by atoms with Gasteiger partial charge in [-0.15, -0.1) is 0 Å². The lowest BCUT2D eigenvalue weighted by atomic mass is 10.0. The van der Waals surface area contributed by atoms with Crippen molar-refractivity contribution in [3.05, 3.63) is 89.0 Å². The van der Waals surface area contributed by atoms with Gasteiger partial charge in [-0.1, -0.05) is 55.5 Å². The lowest BCUT2D eigenvalue weighted by Gasteiger charge is -2.12. The molecule has 29 heavy (non-hydrogen) atoms. The number of esters is 1. The average molecular weight is 385 g/mol. The van der Waals surface area contributed by atoms with E-state index in [0.29, 0.717) is 23.5 Å². The fraction of sp³-hybridized carbons (Fsp3) is 0.200. The van der Waals surface area contributed by atoms with E-state index in [9.17, 15) is 10.1 Å². The Morgan fingerprint density at radius 2 is 1.66 bits per heavy atom. The molecule has 3 aromatic carbocycles. The molecule has 0 aliphatic rings. The highest BCUT2D eigenvalue weighted by Crippen LogP contribution is 2.25. The summed E-state index contributed by atoms with van der Waals surface area (Å²) in [5.41, 5.74) is 5.79. The van der Waals surface area contributed by atoms with Crippen molar-refractivity contribution in [1.29, 1.82) is 5.26 Å². The summed E-state index contributed by atoms with van der Waals surface area (Å²) in [6, 6.07) is 23.9. The Kier molecular flexibility index (Phi) is 6.65. The molecule has 3 rings (SSSR count). The first-order chi connectivity index (χ1) is 14.1. The number of rotatable bonds is 7. The molecule has 0 atom stereocenters. The van der Waals surface area contributed by atoms with Crippen LogP contribution < -0.4 is 4.74 Å². The van der Waals surface area contributed by atoms with Crippen molar-refractivity contribution in [2.75, 3.05) is 7.11 Å². The summed E-state index contributed by atoms with van der Waals surface area (Å²) in [6.07, 6.45) is 1.09. The van der Waals surface area contributed by atoms with Crippen molar-refractivity contribution >= 4 is 5.97 Å². The summed E-state index contributed by atoms with van der Waals surface area (Å²) < 4.78 is 10.7. The Bertz CT molecular complexity index is 1050. The molecule has 3 aromatic rings. The van der Waals surface area contributed by atoms with E-state index >= 15 is 0 Å². The van der Waals surface area contributed by atoms with Crippen molar-refractivity contribution in [1.82, 2.24) is 0 Å². The monoisotopic (exact) mass is 385 g/mol. The van der Waals surface area contributed by atoms with E-state index in [1.807, 2.05) is 12.1 Å². The van der Waals surface area contributed by atoms with Gasteiger partial charge in [-0.3, -0.25) is 4.79 Å². The normalized spacial score (nSPS) is 10.2. The van der Waals surface area contributed by atoms with Crippen molar-refractivity contribution in [2.24, 2.45) is 0 Å². The standard InChI is InChI=1S/C25H23NO3/c1-3-18-6-4-8-21(12-18)22-9-5-7-20(13-22)17-29-24-14-19(16-26)10-11-23(24)15-25(27)28-2/h4-14H,3,15,17H2,1-2H3. The number of ether oxygens (including phenoxy) is 2. The van der Waals surface area contributed by atoms with Crippen LogP contribution in [0.15, 0.2) is 66.7 Å². The molecule has 0 amide bonds. The molecule has 0 saturated carbocycles. The Balaban J connectivity index is 1.81. The molecule has 0 N–H and O–H groups in total. The highest BCUT2D eigenvalue weighted by atomic mass is 16.5. The van der Waals surface area contributed by atoms with E-state index < -0.39 is 0 Å². The topological polar surface area (TPSA) is 59.3 Å². The van der Waals surface area contributed by atoms with E-state index in [4.69, 9.17) is 9.47 Å². The van der Waals surface area contributed by atoms with Crippen LogP contribution in [-0.4, -0.2) is 13.1 Å². The Morgan fingerprint density at radius 1 is 0.966 bits per heavy atom. The molecular weight excluding hydrogens is 362 g/mol. The Morgan fingerprint density at radius 3 is 2.31 bits per heavy atom. The van der Waals surface area contributed by atoms with Gasteiger partial charge in [-0.2, -0.15) is 5.26 Å². The molecule has 0 aromatic heterocycles. The molecule has 0 unspecified atom stereocenters. The van der Waals surface area contributed by atoms with E-state index in [0.717, 1.165) is 17.5 Å². The molecule has 0 spiro atoms. The second-order valence-electron chi connectivity index (χ2n) is 6.73.